The molecule has 1 saturated heterocycles. The highest BCUT2D eigenvalue weighted by Gasteiger charge is 2.25. The zero-order valence-corrected chi connectivity index (χ0v) is 12.2. The summed E-state index contributed by atoms with van der Waals surface area (Å²) >= 11 is 11.8. The van der Waals surface area contributed by atoms with Crippen molar-refractivity contribution in [2.45, 2.75) is 12.5 Å². The Bertz CT molecular complexity index is 468. The van der Waals surface area contributed by atoms with Crippen LogP contribution >= 0.6 is 23.2 Å². The number of carbonyl (C=O) groups is 1. The fourth-order valence-corrected chi connectivity index (χ4v) is 2.35. The highest BCUT2D eigenvalue weighted by Crippen LogP contribution is 2.27. The Morgan fingerprint density at radius 1 is 1.47 bits per heavy atom. The summed E-state index contributed by atoms with van der Waals surface area (Å²) in [6.45, 7) is 2.02. The average molecular weight is 303 g/mol. The van der Waals surface area contributed by atoms with Crippen LogP contribution in [0.3, 0.4) is 0 Å². The summed E-state index contributed by atoms with van der Waals surface area (Å²) in [7, 11) is 1.64. The number of benzene rings is 1. The highest BCUT2D eigenvalue weighted by molar-refractivity contribution is 6.42. The first-order chi connectivity index (χ1) is 9.08. The van der Waals surface area contributed by atoms with Gasteiger partial charge in [0.1, 0.15) is 11.9 Å². The second-order valence-electron chi connectivity index (χ2n) is 4.51. The number of ether oxygens (including phenoxy) is 1. The second kappa shape index (κ2) is 6.46. The summed E-state index contributed by atoms with van der Waals surface area (Å²) in [5, 5.41) is 3.62. The zero-order chi connectivity index (χ0) is 13.8. The Balaban J connectivity index is 1.87. The van der Waals surface area contributed by atoms with Crippen molar-refractivity contribution < 1.29 is 9.53 Å². The summed E-state index contributed by atoms with van der Waals surface area (Å²) < 4.78 is 5.84. The van der Waals surface area contributed by atoms with E-state index < -0.39 is 0 Å². The number of rotatable bonds is 4. The molecule has 19 heavy (non-hydrogen) atoms. The molecule has 1 atom stereocenters. The van der Waals surface area contributed by atoms with Crippen molar-refractivity contribution in [3.63, 3.8) is 0 Å². The number of likely N-dealkylation sites (N-methyl/N-ethyl adjacent to an activating group) is 1. The predicted octanol–water partition coefficient (Wildman–Crippen LogP) is 2.19. The van der Waals surface area contributed by atoms with Gasteiger partial charge in [0.05, 0.1) is 16.6 Å². The molecule has 0 aliphatic carbocycles. The van der Waals surface area contributed by atoms with Crippen molar-refractivity contribution in [2.24, 2.45) is 0 Å². The lowest BCUT2D eigenvalue weighted by atomic mass is 10.3. The Morgan fingerprint density at radius 2 is 2.26 bits per heavy atom. The van der Waals surface area contributed by atoms with Gasteiger partial charge in [0.25, 0.3) is 0 Å². The van der Waals surface area contributed by atoms with Gasteiger partial charge in [-0.05, 0) is 18.6 Å². The molecule has 0 bridgehead atoms. The molecular weight excluding hydrogens is 287 g/mol. The first-order valence-corrected chi connectivity index (χ1v) is 6.88. The van der Waals surface area contributed by atoms with Gasteiger partial charge in [0.15, 0.2) is 0 Å². The molecule has 1 aromatic rings. The summed E-state index contributed by atoms with van der Waals surface area (Å²) in [4.78, 5) is 13.4. The standard InChI is InChI=1S/C13H16Cl2N2O2/c1-16-13(18)8-17-5-4-10(7-17)19-9-2-3-11(14)12(15)6-9/h2-3,6,10H,4-5,7-8H2,1H3,(H,16,18)/t10-/m0/s1. The number of halogens is 2. The SMILES string of the molecule is CNC(=O)CN1CC[C@H](Oc2ccc(Cl)c(Cl)c2)C1. The quantitative estimate of drug-likeness (QED) is 0.927. The van der Waals surface area contributed by atoms with E-state index in [4.69, 9.17) is 27.9 Å². The molecule has 1 aromatic carbocycles. The molecule has 0 saturated carbocycles. The summed E-state index contributed by atoms with van der Waals surface area (Å²) in [6.07, 6.45) is 0.985. The summed E-state index contributed by atoms with van der Waals surface area (Å²) in [5.74, 6) is 0.733. The van der Waals surface area contributed by atoms with E-state index in [1.165, 1.54) is 0 Å². The van der Waals surface area contributed by atoms with Gasteiger partial charge in [-0.15, -0.1) is 0 Å². The third kappa shape index (κ3) is 4.00. The van der Waals surface area contributed by atoms with Crippen molar-refractivity contribution in [1.82, 2.24) is 10.2 Å². The molecule has 0 radical (unpaired) electrons. The van der Waals surface area contributed by atoms with Crippen LogP contribution in [0.5, 0.6) is 5.75 Å². The molecule has 2 rings (SSSR count). The number of likely N-dealkylation sites (tertiary alicyclic amines) is 1. The van der Waals surface area contributed by atoms with E-state index in [1.807, 2.05) is 0 Å². The third-order valence-electron chi connectivity index (χ3n) is 3.07. The van der Waals surface area contributed by atoms with Crippen molar-refractivity contribution in [3.8, 4) is 5.75 Å². The number of hydrogen-bond acceptors (Lipinski definition) is 3. The molecule has 1 aliphatic rings. The number of nitrogens with one attached hydrogen (secondary N) is 1. The molecule has 0 aromatic heterocycles. The lowest BCUT2D eigenvalue weighted by molar-refractivity contribution is -0.121. The Morgan fingerprint density at radius 3 is 2.95 bits per heavy atom. The van der Waals surface area contributed by atoms with E-state index in [0.717, 1.165) is 19.5 Å². The van der Waals surface area contributed by atoms with Crippen molar-refractivity contribution >= 4 is 29.1 Å². The number of nitrogens with zero attached hydrogens (tertiary/aromatic N) is 1. The number of carbonyl (C=O) groups excluding carboxylic acids is 1. The van der Waals surface area contributed by atoms with Gasteiger partial charge < -0.3 is 10.1 Å². The normalized spacial score (nSPS) is 19.4. The molecule has 1 amide bonds. The molecule has 104 valence electrons. The van der Waals surface area contributed by atoms with Crippen LogP contribution < -0.4 is 10.1 Å². The monoisotopic (exact) mass is 302 g/mol. The highest BCUT2D eigenvalue weighted by atomic mass is 35.5. The van der Waals surface area contributed by atoms with Crippen LogP contribution in [0.4, 0.5) is 0 Å². The summed E-state index contributed by atoms with van der Waals surface area (Å²) in [5.41, 5.74) is 0. The van der Waals surface area contributed by atoms with Crippen LogP contribution in [-0.2, 0) is 4.79 Å². The van der Waals surface area contributed by atoms with E-state index in [1.54, 1.807) is 25.2 Å². The Labute approximate surface area is 122 Å². The lowest BCUT2D eigenvalue weighted by Crippen LogP contribution is -2.35. The summed E-state index contributed by atoms with van der Waals surface area (Å²) in [6, 6.07) is 5.23. The van der Waals surface area contributed by atoms with E-state index in [-0.39, 0.29) is 12.0 Å². The Hall–Kier alpha value is -0.970. The van der Waals surface area contributed by atoms with Crippen molar-refractivity contribution in [1.29, 1.82) is 0 Å². The Kier molecular flexibility index (Phi) is 4.91. The molecule has 1 N–H and O–H groups in total. The van der Waals surface area contributed by atoms with Gasteiger partial charge in [0, 0.05) is 26.2 Å². The van der Waals surface area contributed by atoms with Gasteiger partial charge in [-0.1, -0.05) is 23.2 Å². The lowest BCUT2D eigenvalue weighted by Gasteiger charge is -2.16. The maximum atomic E-state index is 11.3. The van der Waals surface area contributed by atoms with Crippen LogP contribution in [0.25, 0.3) is 0 Å². The van der Waals surface area contributed by atoms with Gasteiger partial charge >= 0.3 is 0 Å². The molecule has 1 fully saturated rings. The number of hydrogen-bond donors (Lipinski definition) is 1. The fraction of sp³-hybridized carbons (Fsp3) is 0.462. The molecule has 0 spiro atoms. The third-order valence-corrected chi connectivity index (χ3v) is 3.81. The van der Waals surface area contributed by atoms with Crippen molar-refractivity contribution in [3.05, 3.63) is 28.2 Å². The van der Waals surface area contributed by atoms with Crippen LogP contribution in [0.15, 0.2) is 18.2 Å². The molecule has 1 aliphatic heterocycles. The molecule has 1 heterocycles. The second-order valence-corrected chi connectivity index (χ2v) is 5.33. The van der Waals surface area contributed by atoms with E-state index in [0.29, 0.717) is 22.3 Å². The van der Waals surface area contributed by atoms with Crippen molar-refractivity contribution in [2.75, 3.05) is 26.7 Å². The largest absolute Gasteiger partial charge is 0.489 e. The minimum absolute atomic E-state index is 0.0233. The predicted molar refractivity (Wildman–Crippen MR) is 76.0 cm³/mol. The zero-order valence-electron chi connectivity index (χ0n) is 10.7. The van der Waals surface area contributed by atoms with Gasteiger partial charge in [-0.2, -0.15) is 0 Å². The van der Waals surface area contributed by atoms with Gasteiger partial charge in [-0.3, -0.25) is 9.69 Å². The van der Waals surface area contributed by atoms with Crippen LogP contribution in [0.2, 0.25) is 10.0 Å². The van der Waals surface area contributed by atoms with E-state index >= 15 is 0 Å². The van der Waals surface area contributed by atoms with Gasteiger partial charge in [-0.25, -0.2) is 0 Å². The molecule has 0 unspecified atom stereocenters. The van der Waals surface area contributed by atoms with Crippen LogP contribution in [-0.4, -0.2) is 43.6 Å². The maximum absolute atomic E-state index is 11.3. The van der Waals surface area contributed by atoms with E-state index in [9.17, 15) is 4.79 Å². The maximum Gasteiger partial charge on any atom is 0.233 e. The first-order valence-electron chi connectivity index (χ1n) is 6.13. The number of amides is 1. The first kappa shape index (κ1) is 14.4. The minimum atomic E-state index is 0.0233. The van der Waals surface area contributed by atoms with Gasteiger partial charge in [0.2, 0.25) is 5.91 Å². The van der Waals surface area contributed by atoms with E-state index in [2.05, 4.69) is 10.2 Å². The van der Waals surface area contributed by atoms with Crippen LogP contribution in [0.1, 0.15) is 6.42 Å². The molecular formula is C13H16Cl2N2O2. The molecule has 4 nitrogen and oxygen atoms in total. The minimum Gasteiger partial charge on any atom is -0.489 e. The molecule has 6 heteroatoms. The smallest absolute Gasteiger partial charge is 0.233 e. The fourth-order valence-electron chi connectivity index (χ4n) is 2.06. The average Bonchev–Trinajstić information content (AvgIpc) is 2.81. The topological polar surface area (TPSA) is 41.6 Å². The van der Waals surface area contributed by atoms with Crippen LogP contribution in [0, 0.1) is 0 Å².